The van der Waals surface area contributed by atoms with Gasteiger partial charge in [-0.15, -0.1) is 11.3 Å². The largest absolute Gasteiger partial charge is 0.321 e. The summed E-state index contributed by atoms with van der Waals surface area (Å²) < 4.78 is 1.86. The number of aryl methyl sites for hydroxylation is 2. The van der Waals surface area contributed by atoms with Gasteiger partial charge in [0.2, 0.25) is 0 Å². The molecule has 0 aliphatic rings. The molecule has 136 valence electrons. The summed E-state index contributed by atoms with van der Waals surface area (Å²) in [6, 6.07) is 17.3. The Morgan fingerprint density at radius 2 is 1.85 bits per heavy atom. The van der Waals surface area contributed by atoms with Crippen LogP contribution in [0.4, 0.5) is 5.69 Å². The Hall–Kier alpha value is -2.63. The summed E-state index contributed by atoms with van der Waals surface area (Å²) in [6.07, 6.45) is 0.977. The van der Waals surface area contributed by atoms with Crippen molar-refractivity contribution in [2.24, 2.45) is 0 Å². The van der Waals surface area contributed by atoms with Crippen molar-refractivity contribution in [2.75, 3.05) is 5.32 Å². The van der Waals surface area contributed by atoms with E-state index in [0.717, 1.165) is 33.7 Å². The quantitative estimate of drug-likeness (QED) is 0.470. The molecule has 4 nitrogen and oxygen atoms in total. The van der Waals surface area contributed by atoms with E-state index in [1.54, 1.807) is 0 Å². The second kappa shape index (κ2) is 7.18. The molecule has 2 heterocycles. The average Bonchev–Trinajstić information content (AvgIpc) is 3.24. The lowest BCUT2D eigenvalue weighted by atomic mass is 10.1. The molecule has 0 saturated carbocycles. The number of rotatable bonds is 4. The maximum Gasteiger partial charge on any atom is 0.265 e. The average molecular weight is 396 g/mol. The van der Waals surface area contributed by atoms with Crippen LogP contribution in [-0.2, 0) is 6.42 Å². The first-order valence-electron chi connectivity index (χ1n) is 8.70. The Morgan fingerprint density at radius 3 is 2.52 bits per heavy atom. The molecule has 0 bridgehead atoms. The summed E-state index contributed by atoms with van der Waals surface area (Å²) in [4.78, 5) is 14.3. The molecule has 6 heteroatoms. The Morgan fingerprint density at radius 1 is 1.15 bits per heavy atom. The van der Waals surface area contributed by atoms with E-state index in [-0.39, 0.29) is 5.91 Å². The number of carbonyl (C=O) groups excluding carboxylic acids is 1. The number of hydrogen-bond donors (Lipinski definition) is 1. The molecule has 0 unspecified atom stereocenters. The molecular formula is C21H18ClN3OS. The van der Waals surface area contributed by atoms with Crippen molar-refractivity contribution in [1.29, 1.82) is 0 Å². The molecule has 2 aromatic carbocycles. The highest BCUT2D eigenvalue weighted by molar-refractivity contribution is 7.20. The molecule has 0 radical (unpaired) electrons. The van der Waals surface area contributed by atoms with Gasteiger partial charge in [-0.1, -0.05) is 30.7 Å². The van der Waals surface area contributed by atoms with Crippen LogP contribution in [0.1, 0.15) is 27.9 Å². The molecule has 0 aliphatic heterocycles. The van der Waals surface area contributed by atoms with Gasteiger partial charge in [0.1, 0.15) is 4.83 Å². The zero-order valence-electron chi connectivity index (χ0n) is 15.0. The van der Waals surface area contributed by atoms with Gasteiger partial charge < -0.3 is 5.32 Å². The van der Waals surface area contributed by atoms with Crippen molar-refractivity contribution in [1.82, 2.24) is 9.78 Å². The summed E-state index contributed by atoms with van der Waals surface area (Å²) >= 11 is 7.42. The second-order valence-corrected chi connectivity index (χ2v) is 7.77. The van der Waals surface area contributed by atoms with Gasteiger partial charge in [0.05, 0.1) is 16.3 Å². The Balaban J connectivity index is 1.65. The van der Waals surface area contributed by atoms with Gasteiger partial charge >= 0.3 is 0 Å². The molecule has 2 aromatic heterocycles. The fraction of sp³-hybridized carbons (Fsp3) is 0.143. The Labute approximate surface area is 166 Å². The van der Waals surface area contributed by atoms with Crippen molar-refractivity contribution in [3.8, 4) is 5.69 Å². The number of aromatic nitrogens is 2. The first kappa shape index (κ1) is 17.8. The van der Waals surface area contributed by atoms with E-state index in [1.807, 2.05) is 66.2 Å². The van der Waals surface area contributed by atoms with Gasteiger partial charge in [-0.05, 0) is 61.4 Å². The smallest absolute Gasteiger partial charge is 0.265 e. The zero-order chi connectivity index (χ0) is 19.0. The lowest BCUT2D eigenvalue weighted by Crippen LogP contribution is -2.10. The number of hydrogen-bond acceptors (Lipinski definition) is 3. The van der Waals surface area contributed by atoms with Crippen LogP contribution in [0.15, 0.2) is 54.6 Å². The van der Waals surface area contributed by atoms with E-state index in [4.69, 9.17) is 11.6 Å². The first-order valence-corrected chi connectivity index (χ1v) is 9.90. The number of amides is 1. The van der Waals surface area contributed by atoms with Gasteiger partial charge in [0.15, 0.2) is 0 Å². The number of halogens is 1. The highest BCUT2D eigenvalue weighted by Gasteiger charge is 2.17. The van der Waals surface area contributed by atoms with Crippen molar-refractivity contribution < 1.29 is 4.79 Å². The van der Waals surface area contributed by atoms with Crippen molar-refractivity contribution >= 4 is 44.7 Å². The highest BCUT2D eigenvalue weighted by atomic mass is 35.5. The van der Waals surface area contributed by atoms with Crippen LogP contribution in [-0.4, -0.2) is 15.7 Å². The van der Waals surface area contributed by atoms with Crippen molar-refractivity contribution in [3.05, 3.63) is 75.8 Å². The SMILES string of the molecule is CCc1ccc(NC(=O)c2cc3c(C)nn(-c4ccc(Cl)cc4)c3s2)cc1. The maximum absolute atomic E-state index is 12.7. The van der Waals surface area contributed by atoms with E-state index in [1.165, 1.54) is 16.9 Å². The van der Waals surface area contributed by atoms with E-state index in [0.29, 0.717) is 9.90 Å². The fourth-order valence-corrected chi connectivity index (χ4v) is 4.14. The predicted octanol–water partition coefficient (Wildman–Crippen LogP) is 5.86. The third-order valence-electron chi connectivity index (χ3n) is 4.46. The summed E-state index contributed by atoms with van der Waals surface area (Å²) in [5, 5.41) is 9.24. The molecule has 4 aromatic rings. The number of nitrogens with one attached hydrogen (secondary N) is 1. The molecule has 0 spiro atoms. The number of thiophene rings is 1. The first-order chi connectivity index (χ1) is 13.0. The highest BCUT2D eigenvalue weighted by Crippen LogP contribution is 2.31. The minimum absolute atomic E-state index is 0.109. The normalized spacial score (nSPS) is 11.1. The number of carbonyl (C=O) groups is 1. The monoisotopic (exact) mass is 395 g/mol. The van der Waals surface area contributed by atoms with Gasteiger partial charge in [0, 0.05) is 16.1 Å². The van der Waals surface area contributed by atoms with Crippen LogP contribution < -0.4 is 5.32 Å². The molecule has 27 heavy (non-hydrogen) atoms. The Bertz CT molecular complexity index is 1110. The number of fused-ring (bicyclic) bond motifs is 1. The molecule has 0 saturated heterocycles. The summed E-state index contributed by atoms with van der Waals surface area (Å²) in [7, 11) is 0. The van der Waals surface area contributed by atoms with Crippen LogP contribution in [0.3, 0.4) is 0 Å². The molecule has 4 rings (SSSR count). The lowest BCUT2D eigenvalue weighted by molar-refractivity contribution is 0.103. The van der Waals surface area contributed by atoms with E-state index in [2.05, 4.69) is 17.3 Å². The molecule has 1 N–H and O–H groups in total. The van der Waals surface area contributed by atoms with Crippen LogP contribution in [0.2, 0.25) is 5.02 Å². The molecule has 0 aliphatic carbocycles. The molecule has 1 amide bonds. The van der Waals surface area contributed by atoms with Gasteiger partial charge in [-0.25, -0.2) is 4.68 Å². The maximum atomic E-state index is 12.7. The second-order valence-electron chi connectivity index (χ2n) is 6.31. The van der Waals surface area contributed by atoms with Crippen LogP contribution >= 0.6 is 22.9 Å². The predicted molar refractivity (Wildman–Crippen MR) is 112 cm³/mol. The van der Waals surface area contributed by atoms with Gasteiger partial charge in [0.25, 0.3) is 5.91 Å². The zero-order valence-corrected chi connectivity index (χ0v) is 16.6. The summed E-state index contributed by atoms with van der Waals surface area (Å²) in [6.45, 7) is 4.06. The van der Waals surface area contributed by atoms with Gasteiger partial charge in [-0.3, -0.25) is 4.79 Å². The Kier molecular flexibility index (Phi) is 4.72. The number of anilines is 1. The van der Waals surface area contributed by atoms with E-state index in [9.17, 15) is 4.79 Å². The lowest BCUT2D eigenvalue weighted by Gasteiger charge is -2.05. The van der Waals surface area contributed by atoms with Crippen molar-refractivity contribution in [3.63, 3.8) is 0 Å². The standard InChI is InChI=1S/C21H18ClN3OS/c1-3-14-4-8-16(9-5-14)23-20(26)19-12-18-13(2)24-25(21(18)27-19)17-10-6-15(22)7-11-17/h4-12H,3H2,1-2H3,(H,23,26). The van der Waals surface area contributed by atoms with Gasteiger partial charge in [-0.2, -0.15) is 5.10 Å². The minimum atomic E-state index is -0.109. The number of nitrogens with zero attached hydrogens (tertiary/aromatic N) is 2. The molecular weight excluding hydrogens is 378 g/mol. The summed E-state index contributed by atoms with van der Waals surface area (Å²) in [5.41, 5.74) is 3.85. The fourth-order valence-electron chi connectivity index (χ4n) is 2.93. The summed E-state index contributed by atoms with van der Waals surface area (Å²) in [5.74, 6) is -0.109. The molecule has 0 fully saturated rings. The minimum Gasteiger partial charge on any atom is -0.321 e. The van der Waals surface area contributed by atoms with Crippen LogP contribution in [0.5, 0.6) is 0 Å². The topological polar surface area (TPSA) is 46.9 Å². The third-order valence-corrected chi connectivity index (χ3v) is 5.82. The third kappa shape index (κ3) is 3.48. The number of benzene rings is 2. The van der Waals surface area contributed by atoms with Crippen molar-refractivity contribution in [2.45, 2.75) is 20.3 Å². The molecule has 0 atom stereocenters. The van der Waals surface area contributed by atoms with E-state index >= 15 is 0 Å². The van der Waals surface area contributed by atoms with E-state index < -0.39 is 0 Å². The van der Waals surface area contributed by atoms with Crippen LogP contribution in [0, 0.1) is 6.92 Å². The van der Waals surface area contributed by atoms with Crippen LogP contribution in [0.25, 0.3) is 15.9 Å².